The largest absolute Gasteiger partial charge is 0.109 e. The summed E-state index contributed by atoms with van der Waals surface area (Å²) in [5.41, 5.74) is 0. The van der Waals surface area contributed by atoms with Crippen molar-refractivity contribution in [2.24, 2.45) is 0 Å². The molecular weight excluding hydrogens is 112 g/mol. The molecule has 0 N–H and O–H groups in total. The van der Waals surface area contributed by atoms with Gasteiger partial charge in [-0.3, -0.25) is 0 Å². The fourth-order valence-electron chi connectivity index (χ4n) is 0.236. The molecule has 0 saturated carbocycles. The molecule has 0 bridgehead atoms. The summed E-state index contributed by atoms with van der Waals surface area (Å²) in [6.07, 6.45) is 4.49. The summed E-state index contributed by atoms with van der Waals surface area (Å²) in [6.45, 7) is 2.19. The van der Waals surface area contributed by atoms with Gasteiger partial charge in [0, 0.05) is 5.75 Å². The molecule has 0 aromatic carbocycles. The zero-order valence-electron chi connectivity index (χ0n) is 4.52. The second-order valence-electron chi connectivity index (χ2n) is 1.15. The van der Waals surface area contributed by atoms with Gasteiger partial charge in [-0.1, -0.05) is 6.92 Å². The molecule has 0 radical (unpaired) electrons. The first-order valence-corrected chi connectivity index (χ1v) is 5.52. The average molecular weight is 123 g/mol. The highest BCUT2D eigenvalue weighted by atomic mass is 33.1. The first-order chi connectivity index (χ1) is 2.77. The first kappa shape index (κ1) is 6.70. The predicted octanol–water partition coefficient (Wildman–Crippen LogP) is 1.53. The summed E-state index contributed by atoms with van der Waals surface area (Å²) in [5.74, 6) is 1.26. The molecule has 0 unspecified atom stereocenters. The third-order valence-corrected chi connectivity index (χ3v) is 3.18. The Morgan fingerprint density at radius 1 is 1.50 bits per heavy atom. The van der Waals surface area contributed by atoms with E-state index in [-0.39, 0.29) is 0 Å². The van der Waals surface area contributed by atoms with Crippen molar-refractivity contribution in [3.8, 4) is 0 Å². The normalized spacial score (nSPS) is 10.0. The van der Waals surface area contributed by atoms with Gasteiger partial charge in [-0.15, -0.1) is 0 Å². The van der Waals surface area contributed by atoms with E-state index in [2.05, 4.69) is 19.4 Å². The van der Waals surface area contributed by atoms with Crippen LogP contribution in [-0.2, 0) is 9.93 Å². The molecule has 2 heteroatoms. The van der Waals surface area contributed by atoms with E-state index in [1.807, 2.05) is 10.8 Å². The molecular formula is C4H11S2+. The first-order valence-electron chi connectivity index (χ1n) is 1.98. The van der Waals surface area contributed by atoms with Crippen molar-refractivity contribution in [3.05, 3.63) is 0 Å². The van der Waals surface area contributed by atoms with E-state index in [1.165, 1.54) is 5.75 Å². The minimum Gasteiger partial charge on any atom is -0.0517 e. The molecule has 0 aliphatic rings. The van der Waals surface area contributed by atoms with Crippen molar-refractivity contribution in [3.63, 3.8) is 0 Å². The Bertz CT molecular complexity index is 26.7. The molecule has 0 spiro atoms. The molecule has 0 saturated heterocycles. The molecule has 0 nitrogen and oxygen atoms in total. The van der Waals surface area contributed by atoms with Gasteiger partial charge in [0.05, 0.1) is 20.7 Å². The maximum Gasteiger partial charge on any atom is 0.109 e. The van der Waals surface area contributed by atoms with Gasteiger partial charge < -0.3 is 0 Å². The Balaban J connectivity index is 2.63. The Labute approximate surface area is 46.4 Å². The standard InChI is InChI=1S/C4H11S2/c1-4-5-6(2)3/h4H2,1-3H3/q+1. The number of hydrogen-bond donors (Lipinski definition) is 0. The van der Waals surface area contributed by atoms with Crippen LogP contribution in [-0.4, -0.2) is 18.3 Å². The van der Waals surface area contributed by atoms with Gasteiger partial charge >= 0.3 is 0 Å². The lowest BCUT2D eigenvalue weighted by atomic mass is 11.0. The van der Waals surface area contributed by atoms with Crippen LogP contribution < -0.4 is 0 Å². The molecule has 0 aromatic heterocycles. The average Bonchev–Trinajstić information content (AvgIpc) is 1.35. The fraction of sp³-hybridized carbons (Fsp3) is 1.00. The summed E-state index contributed by atoms with van der Waals surface area (Å²) in [6, 6.07) is 0. The molecule has 0 aromatic rings. The molecule has 38 valence electrons. The van der Waals surface area contributed by atoms with Crippen molar-refractivity contribution < 1.29 is 0 Å². The topological polar surface area (TPSA) is 0 Å². The van der Waals surface area contributed by atoms with Crippen LogP contribution in [0, 0.1) is 0 Å². The minimum atomic E-state index is 0.601. The van der Waals surface area contributed by atoms with E-state index < -0.39 is 0 Å². The molecule has 0 atom stereocenters. The van der Waals surface area contributed by atoms with E-state index in [4.69, 9.17) is 0 Å². The third-order valence-electron chi connectivity index (χ3n) is 0.354. The van der Waals surface area contributed by atoms with Gasteiger partial charge in [0.2, 0.25) is 0 Å². The summed E-state index contributed by atoms with van der Waals surface area (Å²) < 4.78 is 0. The van der Waals surface area contributed by atoms with Gasteiger partial charge in [-0.2, -0.15) is 0 Å². The van der Waals surface area contributed by atoms with Crippen LogP contribution in [0.2, 0.25) is 0 Å². The minimum absolute atomic E-state index is 0.601. The van der Waals surface area contributed by atoms with Crippen LogP contribution in [0.25, 0.3) is 0 Å². The summed E-state index contributed by atoms with van der Waals surface area (Å²) in [4.78, 5) is 0. The van der Waals surface area contributed by atoms with Crippen LogP contribution in [0.15, 0.2) is 0 Å². The van der Waals surface area contributed by atoms with Gasteiger partial charge in [0.15, 0.2) is 0 Å². The van der Waals surface area contributed by atoms with Crippen LogP contribution in [0.4, 0.5) is 0 Å². The molecule has 6 heavy (non-hydrogen) atoms. The Kier molecular flexibility index (Phi) is 4.33. The Hall–Kier alpha value is 0.700. The molecule has 0 aliphatic carbocycles. The predicted molar refractivity (Wildman–Crippen MR) is 37.3 cm³/mol. The molecule has 0 aliphatic heterocycles. The zero-order chi connectivity index (χ0) is 4.99. The summed E-state index contributed by atoms with van der Waals surface area (Å²) >= 11 is 0. The molecule has 0 heterocycles. The number of rotatable bonds is 2. The van der Waals surface area contributed by atoms with Crippen molar-refractivity contribution >= 4 is 20.7 Å². The summed E-state index contributed by atoms with van der Waals surface area (Å²) in [5, 5.41) is 0. The second kappa shape index (κ2) is 3.88. The van der Waals surface area contributed by atoms with E-state index in [1.54, 1.807) is 0 Å². The SMILES string of the molecule is CCS[S+](C)C. The number of hydrogen-bond acceptors (Lipinski definition) is 1. The van der Waals surface area contributed by atoms with E-state index in [9.17, 15) is 0 Å². The second-order valence-corrected chi connectivity index (χ2v) is 6.15. The Morgan fingerprint density at radius 2 is 2.00 bits per heavy atom. The highest BCUT2D eigenvalue weighted by molar-refractivity contribution is 8.73. The lowest BCUT2D eigenvalue weighted by molar-refractivity contribution is 1.54. The zero-order valence-corrected chi connectivity index (χ0v) is 6.16. The van der Waals surface area contributed by atoms with Crippen LogP contribution >= 0.6 is 10.8 Å². The van der Waals surface area contributed by atoms with Crippen molar-refractivity contribution in [1.82, 2.24) is 0 Å². The van der Waals surface area contributed by atoms with E-state index >= 15 is 0 Å². The smallest absolute Gasteiger partial charge is 0.0517 e. The lowest BCUT2D eigenvalue weighted by Crippen LogP contribution is -1.84. The van der Waals surface area contributed by atoms with Gasteiger partial charge in [-0.05, 0) is 0 Å². The highest BCUT2D eigenvalue weighted by Crippen LogP contribution is 2.07. The van der Waals surface area contributed by atoms with Gasteiger partial charge in [0.25, 0.3) is 0 Å². The molecule has 0 rings (SSSR count). The van der Waals surface area contributed by atoms with Gasteiger partial charge in [-0.25, -0.2) is 0 Å². The highest BCUT2D eigenvalue weighted by Gasteiger charge is 1.97. The van der Waals surface area contributed by atoms with Crippen molar-refractivity contribution in [1.29, 1.82) is 0 Å². The maximum absolute atomic E-state index is 2.24. The van der Waals surface area contributed by atoms with Crippen molar-refractivity contribution in [2.45, 2.75) is 6.92 Å². The quantitative estimate of drug-likeness (QED) is 0.396. The van der Waals surface area contributed by atoms with Gasteiger partial charge in [0.1, 0.15) is 12.5 Å². The fourth-order valence-corrected chi connectivity index (χ4v) is 2.12. The van der Waals surface area contributed by atoms with Crippen LogP contribution in [0.1, 0.15) is 6.92 Å². The lowest BCUT2D eigenvalue weighted by Gasteiger charge is -1.83. The monoisotopic (exact) mass is 123 g/mol. The van der Waals surface area contributed by atoms with Crippen LogP contribution in [0.3, 0.4) is 0 Å². The third kappa shape index (κ3) is 4.70. The maximum atomic E-state index is 2.24. The molecule has 0 fully saturated rings. The van der Waals surface area contributed by atoms with E-state index in [0.717, 1.165) is 0 Å². The van der Waals surface area contributed by atoms with E-state index in [0.29, 0.717) is 9.93 Å². The van der Waals surface area contributed by atoms with Crippen LogP contribution in [0.5, 0.6) is 0 Å². The molecule has 0 amide bonds. The Morgan fingerprint density at radius 3 is 2.00 bits per heavy atom. The van der Waals surface area contributed by atoms with Crippen molar-refractivity contribution in [2.75, 3.05) is 18.3 Å². The summed E-state index contributed by atoms with van der Waals surface area (Å²) in [7, 11) is 2.61.